The largest absolute Gasteiger partial charge is 0.396 e. The average Bonchev–Trinajstić information content (AvgIpc) is 2.86. The Morgan fingerprint density at radius 2 is 2.39 bits per heavy atom. The molecule has 0 radical (unpaired) electrons. The van der Waals surface area contributed by atoms with Gasteiger partial charge in [-0.25, -0.2) is 0 Å². The molecule has 1 aromatic rings. The predicted octanol–water partition coefficient (Wildman–Crippen LogP) is 1.29. The van der Waals surface area contributed by atoms with Gasteiger partial charge in [0.15, 0.2) is 0 Å². The van der Waals surface area contributed by atoms with Crippen molar-refractivity contribution in [3.05, 3.63) is 33.9 Å². The third-order valence-corrected chi connectivity index (χ3v) is 3.21. The standard InChI is InChI=1S/C12H13N3O3/c13-6-10-1-2-11(5-12(10)15(17)18)14-4-3-9(7-14)8-16/h1-2,5,9,16H,3-4,7-8H2. The van der Waals surface area contributed by atoms with Crippen molar-refractivity contribution in [1.82, 2.24) is 0 Å². The van der Waals surface area contributed by atoms with Crippen molar-refractivity contribution >= 4 is 11.4 Å². The number of benzene rings is 1. The zero-order chi connectivity index (χ0) is 13.1. The first kappa shape index (κ1) is 12.3. The van der Waals surface area contributed by atoms with Gasteiger partial charge in [0.2, 0.25) is 0 Å². The summed E-state index contributed by atoms with van der Waals surface area (Å²) in [5, 5.41) is 28.7. The summed E-state index contributed by atoms with van der Waals surface area (Å²) in [6.07, 6.45) is 0.879. The van der Waals surface area contributed by atoms with E-state index in [-0.39, 0.29) is 23.8 Å². The predicted molar refractivity (Wildman–Crippen MR) is 65.2 cm³/mol. The third kappa shape index (κ3) is 2.26. The number of aliphatic hydroxyl groups excluding tert-OH is 1. The van der Waals surface area contributed by atoms with Crippen molar-refractivity contribution < 1.29 is 10.0 Å². The molecule has 1 fully saturated rings. The number of nitrogens with zero attached hydrogens (tertiary/aromatic N) is 3. The Kier molecular flexibility index (Phi) is 3.44. The Hall–Kier alpha value is -2.13. The van der Waals surface area contributed by atoms with Crippen molar-refractivity contribution in [1.29, 1.82) is 5.26 Å². The maximum Gasteiger partial charge on any atom is 0.289 e. The highest BCUT2D eigenvalue weighted by molar-refractivity contribution is 5.60. The highest BCUT2D eigenvalue weighted by Gasteiger charge is 2.24. The first-order chi connectivity index (χ1) is 8.65. The molecule has 6 heteroatoms. The van der Waals surface area contributed by atoms with Crippen molar-refractivity contribution in [3.8, 4) is 6.07 Å². The highest BCUT2D eigenvalue weighted by Crippen LogP contribution is 2.28. The van der Waals surface area contributed by atoms with Gasteiger partial charge in [-0.3, -0.25) is 10.1 Å². The summed E-state index contributed by atoms with van der Waals surface area (Å²) < 4.78 is 0. The number of anilines is 1. The molecule has 0 amide bonds. The second-order valence-corrected chi connectivity index (χ2v) is 4.35. The number of nitro benzene ring substituents is 1. The second kappa shape index (κ2) is 5.02. The van der Waals surface area contributed by atoms with E-state index < -0.39 is 4.92 Å². The van der Waals surface area contributed by atoms with Crippen LogP contribution in [-0.2, 0) is 0 Å². The van der Waals surface area contributed by atoms with Crippen LogP contribution in [0.2, 0.25) is 0 Å². The van der Waals surface area contributed by atoms with Crippen LogP contribution in [0.3, 0.4) is 0 Å². The van der Waals surface area contributed by atoms with Gasteiger partial charge in [0.1, 0.15) is 11.6 Å². The van der Waals surface area contributed by atoms with E-state index in [9.17, 15) is 10.1 Å². The monoisotopic (exact) mass is 247 g/mol. The molecule has 1 unspecified atom stereocenters. The van der Waals surface area contributed by atoms with E-state index in [1.54, 1.807) is 6.07 Å². The summed E-state index contributed by atoms with van der Waals surface area (Å²) in [4.78, 5) is 12.3. The first-order valence-corrected chi connectivity index (χ1v) is 5.70. The highest BCUT2D eigenvalue weighted by atomic mass is 16.6. The van der Waals surface area contributed by atoms with E-state index >= 15 is 0 Å². The molecular weight excluding hydrogens is 234 g/mol. The lowest BCUT2D eigenvalue weighted by molar-refractivity contribution is -0.385. The van der Waals surface area contributed by atoms with Gasteiger partial charge in [0.25, 0.3) is 5.69 Å². The van der Waals surface area contributed by atoms with E-state index in [1.165, 1.54) is 12.1 Å². The molecule has 94 valence electrons. The topological polar surface area (TPSA) is 90.4 Å². The van der Waals surface area contributed by atoms with Crippen molar-refractivity contribution in [2.24, 2.45) is 5.92 Å². The van der Waals surface area contributed by atoms with Crippen molar-refractivity contribution in [2.45, 2.75) is 6.42 Å². The minimum atomic E-state index is -0.540. The van der Waals surface area contributed by atoms with E-state index in [4.69, 9.17) is 10.4 Å². The summed E-state index contributed by atoms with van der Waals surface area (Å²) >= 11 is 0. The zero-order valence-electron chi connectivity index (χ0n) is 9.74. The smallest absolute Gasteiger partial charge is 0.289 e. The fraction of sp³-hybridized carbons (Fsp3) is 0.417. The Bertz CT molecular complexity index is 510. The lowest BCUT2D eigenvalue weighted by Crippen LogP contribution is -2.20. The number of rotatable bonds is 3. The normalized spacial score (nSPS) is 18.7. The van der Waals surface area contributed by atoms with E-state index in [0.29, 0.717) is 6.54 Å². The molecule has 0 bridgehead atoms. The number of hydrogen-bond donors (Lipinski definition) is 1. The van der Waals surface area contributed by atoms with E-state index in [1.807, 2.05) is 11.0 Å². The molecule has 1 atom stereocenters. The molecule has 2 rings (SSSR count). The summed E-state index contributed by atoms with van der Waals surface area (Å²) in [5.41, 5.74) is 0.640. The van der Waals surface area contributed by atoms with Crippen molar-refractivity contribution in [2.75, 3.05) is 24.6 Å². The molecule has 1 heterocycles. The van der Waals surface area contributed by atoms with Crippen LogP contribution in [0.25, 0.3) is 0 Å². The molecule has 0 aliphatic carbocycles. The van der Waals surface area contributed by atoms with Gasteiger partial charge in [-0.05, 0) is 18.6 Å². The Morgan fingerprint density at radius 3 is 2.94 bits per heavy atom. The van der Waals surface area contributed by atoms with Gasteiger partial charge in [0, 0.05) is 37.4 Å². The maximum absolute atomic E-state index is 10.9. The lowest BCUT2D eigenvalue weighted by Gasteiger charge is -2.18. The Balaban J connectivity index is 2.28. The minimum absolute atomic E-state index is 0.0710. The average molecular weight is 247 g/mol. The van der Waals surface area contributed by atoms with Gasteiger partial charge in [0.05, 0.1) is 4.92 Å². The van der Waals surface area contributed by atoms with Crippen LogP contribution < -0.4 is 4.90 Å². The van der Waals surface area contributed by atoms with Gasteiger partial charge in [-0.2, -0.15) is 5.26 Å². The SMILES string of the molecule is N#Cc1ccc(N2CCC(CO)C2)cc1[N+](=O)[O-]. The second-order valence-electron chi connectivity index (χ2n) is 4.35. The number of aliphatic hydroxyl groups is 1. The first-order valence-electron chi connectivity index (χ1n) is 5.70. The molecule has 1 aliphatic heterocycles. The minimum Gasteiger partial charge on any atom is -0.396 e. The molecule has 1 N–H and O–H groups in total. The van der Waals surface area contributed by atoms with Crippen LogP contribution in [0.4, 0.5) is 11.4 Å². The number of hydrogen-bond acceptors (Lipinski definition) is 5. The lowest BCUT2D eigenvalue weighted by atomic mass is 10.1. The Labute approximate surface area is 104 Å². The van der Waals surface area contributed by atoms with Gasteiger partial charge >= 0.3 is 0 Å². The van der Waals surface area contributed by atoms with Crippen molar-refractivity contribution in [3.63, 3.8) is 0 Å². The molecule has 0 aromatic heterocycles. The maximum atomic E-state index is 10.9. The number of nitriles is 1. The fourth-order valence-electron chi connectivity index (χ4n) is 2.18. The fourth-order valence-corrected chi connectivity index (χ4v) is 2.18. The zero-order valence-corrected chi connectivity index (χ0v) is 9.74. The third-order valence-electron chi connectivity index (χ3n) is 3.21. The molecule has 1 aliphatic rings. The van der Waals surface area contributed by atoms with Crippen LogP contribution in [0, 0.1) is 27.4 Å². The molecule has 1 aromatic carbocycles. The van der Waals surface area contributed by atoms with Crippen LogP contribution in [0.15, 0.2) is 18.2 Å². The Morgan fingerprint density at radius 1 is 1.61 bits per heavy atom. The van der Waals surface area contributed by atoms with Crippen LogP contribution >= 0.6 is 0 Å². The van der Waals surface area contributed by atoms with Crippen LogP contribution in [0.1, 0.15) is 12.0 Å². The molecule has 18 heavy (non-hydrogen) atoms. The van der Waals surface area contributed by atoms with Gasteiger partial charge < -0.3 is 10.0 Å². The molecule has 1 saturated heterocycles. The molecular formula is C12H13N3O3. The summed E-state index contributed by atoms with van der Waals surface area (Å²) in [5.74, 6) is 0.222. The van der Waals surface area contributed by atoms with E-state index in [2.05, 4.69) is 0 Å². The summed E-state index contributed by atoms with van der Waals surface area (Å²) in [7, 11) is 0. The van der Waals surface area contributed by atoms with E-state index in [0.717, 1.165) is 18.7 Å². The number of nitro groups is 1. The summed E-state index contributed by atoms with van der Waals surface area (Å²) in [6.45, 7) is 1.60. The van der Waals surface area contributed by atoms with Gasteiger partial charge in [-0.15, -0.1) is 0 Å². The molecule has 0 saturated carbocycles. The molecule has 6 nitrogen and oxygen atoms in total. The summed E-state index contributed by atoms with van der Waals surface area (Å²) in [6, 6.07) is 6.43. The van der Waals surface area contributed by atoms with Gasteiger partial charge in [-0.1, -0.05) is 0 Å². The quantitative estimate of drug-likeness (QED) is 0.642. The molecule has 0 spiro atoms. The van der Waals surface area contributed by atoms with Crippen LogP contribution in [-0.4, -0.2) is 29.7 Å². The van der Waals surface area contributed by atoms with Crippen LogP contribution in [0.5, 0.6) is 0 Å².